The molecule has 20 heavy (non-hydrogen) atoms. The van der Waals surface area contributed by atoms with Crippen LogP contribution < -0.4 is 5.32 Å². The molecule has 0 aliphatic heterocycles. The van der Waals surface area contributed by atoms with Gasteiger partial charge in [0.05, 0.1) is 23.1 Å². The van der Waals surface area contributed by atoms with Crippen LogP contribution in [0.4, 0.5) is 0 Å². The van der Waals surface area contributed by atoms with Gasteiger partial charge in [-0.1, -0.05) is 12.8 Å². The van der Waals surface area contributed by atoms with Gasteiger partial charge in [0.15, 0.2) is 0 Å². The number of aryl methyl sites for hydroxylation is 1. The van der Waals surface area contributed by atoms with Gasteiger partial charge in [-0.05, 0) is 25.8 Å². The van der Waals surface area contributed by atoms with Crippen LogP contribution in [0, 0.1) is 6.92 Å². The molecule has 2 aromatic rings. The zero-order chi connectivity index (χ0) is 13.8. The third kappa shape index (κ3) is 3.22. The van der Waals surface area contributed by atoms with E-state index in [-0.39, 0.29) is 0 Å². The van der Waals surface area contributed by atoms with Crippen LogP contribution in [0.3, 0.4) is 0 Å². The molecule has 0 saturated heterocycles. The first-order valence-corrected chi connectivity index (χ1v) is 7.33. The molecule has 0 bridgehead atoms. The average Bonchev–Trinajstić information content (AvgIpc) is 3.11. The molecule has 5 heteroatoms. The Kier molecular flexibility index (Phi) is 4.06. The molecule has 0 radical (unpaired) electrons. The lowest BCUT2D eigenvalue weighted by Gasteiger charge is -2.08. The van der Waals surface area contributed by atoms with Crippen molar-refractivity contribution in [1.82, 2.24) is 25.1 Å². The summed E-state index contributed by atoms with van der Waals surface area (Å²) >= 11 is 0. The third-order valence-electron chi connectivity index (χ3n) is 3.81. The number of aromatic nitrogens is 4. The first kappa shape index (κ1) is 13.2. The minimum Gasteiger partial charge on any atom is -0.305 e. The second-order valence-corrected chi connectivity index (χ2v) is 5.48. The molecular formula is C15H21N5. The Labute approximate surface area is 119 Å². The van der Waals surface area contributed by atoms with E-state index in [1.165, 1.54) is 25.7 Å². The molecule has 1 fully saturated rings. The highest BCUT2D eigenvalue weighted by atomic mass is 15.3. The molecular weight excluding hydrogens is 250 g/mol. The Morgan fingerprint density at radius 3 is 2.70 bits per heavy atom. The first-order chi connectivity index (χ1) is 9.81. The zero-order valence-corrected chi connectivity index (χ0v) is 11.9. The van der Waals surface area contributed by atoms with Crippen LogP contribution in [0.5, 0.6) is 0 Å². The molecule has 1 aliphatic rings. The first-order valence-electron chi connectivity index (χ1n) is 7.33. The van der Waals surface area contributed by atoms with E-state index >= 15 is 0 Å². The van der Waals surface area contributed by atoms with Crippen molar-refractivity contribution in [2.24, 2.45) is 0 Å². The molecule has 5 nitrogen and oxygen atoms in total. The summed E-state index contributed by atoms with van der Waals surface area (Å²) in [6.07, 6.45) is 10.9. The summed E-state index contributed by atoms with van der Waals surface area (Å²) in [6, 6.07) is 2.72. The summed E-state index contributed by atoms with van der Waals surface area (Å²) < 4.78 is 2.13. The Morgan fingerprint density at radius 1 is 1.15 bits per heavy atom. The van der Waals surface area contributed by atoms with Crippen molar-refractivity contribution in [2.45, 2.75) is 51.7 Å². The van der Waals surface area contributed by atoms with Gasteiger partial charge in [0.25, 0.3) is 0 Å². The van der Waals surface area contributed by atoms with E-state index in [9.17, 15) is 0 Å². The van der Waals surface area contributed by atoms with E-state index in [2.05, 4.69) is 37.3 Å². The average molecular weight is 271 g/mol. The monoisotopic (exact) mass is 271 g/mol. The van der Waals surface area contributed by atoms with Gasteiger partial charge in [-0.2, -0.15) is 5.10 Å². The van der Waals surface area contributed by atoms with Crippen molar-refractivity contribution >= 4 is 0 Å². The van der Waals surface area contributed by atoms with E-state index in [0.29, 0.717) is 6.04 Å². The van der Waals surface area contributed by atoms with E-state index in [4.69, 9.17) is 0 Å². The number of hydrogen-bond acceptors (Lipinski definition) is 4. The lowest BCUT2D eigenvalue weighted by Crippen LogP contribution is -2.15. The van der Waals surface area contributed by atoms with Gasteiger partial charge in [0.1, 0.15) is 0 Å². The molecule has 0 spiro atoms. The van der Waals surface area contributed by atoms with Crippen molar-refractivity contribution in [2.75, 3.05) is 0 Å². The van der Waals surface area contributed by atoms with E-state index in [1.807, 2.05) is 13.1 Å². The Balaban J connectivity index is 1.49. The Bertz CT molecular complexity index is 540. The van der Waals surface area contributed by atoms with Crippen molar-refractivity contribution in [1.29, 1.82) is 0 Å². The maximum atomic E-state index is 4.66. The molecule has 2 heterocycles. The number of hydrogen-bond donors (Lipinski definition) is 1. The predicted octanol–water partition coefficient (Wildman–Crippen LogP) is 2.39. The molecule has 0 aromatic carbocycles. The van der Waals surface area contributed by atoms with Crippen molar-refractivity contribution in [3.05, 3.63) is 41.7 Å². The molecule has 1 aliphatic carbocycles. The Hall–Kier alpha value is -1.75. The fourth-order valence-corrected chi connectivity index (χ4v) is 2.67. The van der Waals surface area contributed by atoms with Crippen molar-refractivity contribution in [3.63, 3.8) is 0 Å². The highest BCUT2D eigenvalue weighted by molar-refractivity contribution is 5.02. The van der Waals surface area contributed by atoms with Gasteiger partial charge < -0.3 is 5.32 Å². The van der Waals surface area contributed by atoms with Crippen LogP contribution in [0.25, 0.3) is 0 Å². The number of rotatable bonds is 5. The SMILES string of the molecule is Cc1cnc(CNCc2ccn(C3CCCC3)n2)cn1. The summed E-state index contributed by atoms with van der Waals surface area (Å²) in [6.45, 7) is 3.44. The normalized spacial score (nSPS) is 15.8. The number of nitrogens with one attached hydrogen (secondary N) is 1. The highest BCUT2D eigenvalue weighted by Crippen LogP contribution is 2.28. The topological polar surface area (TPSA) is 55.6 Å². The Morgan fingerprint density at radius 2 is 1.95 bits per heavy atom. The molecule has 2 aromatic heterocycles. The van der Waals surface area contributed by atoms with Crippen LogP contribution >= 0.6 is 0 Å². The second kappa shape index (κ2) is 6.13. The molecule has 0 amide bonds. The van der Waals surface area contributed by atoms with Crippen LogP contribution in [0.15, 0.2) is 24.7 Å². The zero-order valence-electron chi connectivity index (χ0n) is 11.9. The highest BCUT2D eigenvalue weighted by Gasteiger charge is 2.17. The van der Waals surface area contributed by atoms with Gasteiger partial charge >= 0.3 is 0 Å². The summed E-state index contributed by atoms with van der Waals surface area (Å²) in [4.78, 5) is 8.57. The summed E-state index contributed by atoms with van der Waals surface area (Å²) in [5.74, 6) is 0. The summed E-state index contributed by atoms with van der Waals surface area (Å²) in [7, 11) is 0. The summed E-state index contributed by atoms with van der Waals surface area (Å²) in [5, 5.41) is 8.02. The molecule has 3 rings (SSSR count). The van der Waals surface area contributed by atoms with Gasteiger partial charge in [-0.15, -0.1) is 0 Å². The lowest BCUT2D eigenvalue weighted by molar-refractivity contribution is 0.460. The standard InChI is InChI=1S/C15H21N5/c1-12-8-18-14(11-17-12)10-16-9-13-6-7-20(19-13)15-4-2-3-5-15/h6-8,11,15-16H,2-5,9-10H2,1H3. The maximum absolute atomic E-state index is 4.66. The van der Waals surface area contributed by atoms with Gasteiger partial charge in [0, 0.05) is 31.7 Å². The molecule has 0 atom stereocenters. The lowest BCUT2D eigenvalue weighted by atomic mass is 10.3. The van der Waals surface area contributed by atoms with E-state index in [0.717, 1.165) is 30.2 Å². The quantitative estimate of drug-likeness (QED) is 0.907. The van der Waals surface area contributed by atoms with Crippen molar-refractivity contribution in [3.8, 4) is 0 Å². The summed E-state index contributed by atoms with van der Waals surface area (Å²) in [5.41, 5.74) is 3.01. The molecule has 1 saturated carbocycles. The molecule has 1 N–H and O–H groups in total. The largest absolute Gasteiger partial charge is 0.305 e. The van der Waals surface area contributed by atoms with Crippen LogP contribution in [0.1, 0.15) is 48.8 Å². The minimum atomic E-state index is 0.617. The van der Waals surface area contributed by atoms with Crippen LogP contribution in [-0.2, 0) is 13.1 Å². The van der Waals surface area contributed by atoms with Crippen molar-refractivity contribution < 1.29 is 0 Å². The fraction of sp³-hybridized carbons (Fsp3) is 0.533. The molecule has 106 valence electrons. The predicted molar refractivity (Wildman–Crippen MR) is 77.0 cm³/mol. The minimum absolute atomic E-state index is 0.617. The van der Waals surface area contributed by atoms with Gasteiger partial charge in [0.2, 0.25) is 0 Å². The second-order valence-electron chi connectivity index (χ2n) is 5.48. The van der Waals surface area contributed by atoms with E-state index < -0.39 is 0 Å². The van der Waals surface area contributed by atoms with Gasteiger partial charge in [-0.3, -0.25) is 14.6 Å². The molecule has 0 unspecified atom stereocenters. The fourth-order valence-electron chi connectivity index (χ4n) is 2.67. The maximum Gasteiger partial charge on any atom is 0.0762 e. The smallest absolute Gasteiger partial charge is 0.0762 e. The third-order valence-corrected chi connectivity index (χ3v) is 3.81. The van der Waals surface area contributed by atoms with Gasteiger partial charge in [-0.25, -0.2) is 0 Å². The van der Waals surface area contributed by atoms with Crippen LogP contribution in [-0.4, -0.2) is 19.7 Å². The van der Waals surface area contributed by atoms with Crippen LogP contribution in [0.2, 0.25) is 0 Å². The number of nitrogens with zero attached hydrogens (tertiary/aromatic N) is 4. The van der Waals surface area contributed by atoms with E-state index in [1.54, 1.807) is 6.20 Å².